The number of piperazine rings is 1. The van der Waals surface area contributed by atoms with Crippen LogP contribution in [0.2, 0.25) is 0 Å². The summed E-state index contributed by atoms with van der Waals surface area (Å²) in [5.41, 5.74) is 0.762. The number of amides is 1. The maximum Gasteiger partial charge on any atom is 0.262 e. The molecule has 2 aromatic rings. The van der Waals surface area contributed by atoms with Crippen molar-refractivity contribution >= 4 is 29.0 Å². The minimum Gasteiger partial charge on any atom is -0.356 e. The lowest BCUT2D eigenvalue weighted by atomic mass is 9.81. The minimum atomic E-state index is -0.0228. The average Bonchev–Trinajstić information content (AvgIpc) is 2.85. The quantitative estimate of drug-likeness (QED) is 0.457. The van der Waals surface area contributed by atoms with Crippen molar-refractivity contribution in [3.63, 3.8) is 0 Å². The molecular weight excluding hydrogens is 434 g/mol. The Balaban J connectivity index is 1.19. The van der Waals surface area contributed by atoms with Crippen molar-refractivity contribution in [3.05, 3.63) is 39.4 Å². The Kier molecular flexibility index (Phi) is 8.33. The van der Waals surface area contributed by atoms with Crippen LogP contribution in [0.5, 0.6) is 0 Å². The minimum absolute atomic E-state index is 0.0228. The fourth-order valence-corrected chi connectivity index (χ4v) is 5.49. The van der Waals surface area contributed by atoms with Gasteiger partial charge in [0.1, 0.15) is 0 Å². The molecule has 2 N–H and O–H groups in total. The molecule has 0 bridgehead atoms. The van der Waals surface area contributed by atoms with Gasteiger partial charge in [-0.2, -0.15) is 0 Å². The van der Waals surface area contributed by atoms with Crippen LogP contribution in [0.1, 0.15) is 39.0 Å². The Morgan fingerprint density at radius 2 is 1.79 bits per heavy atom. The van der Waals surface area contributed by atoms with Crippen molar-refractivity contribution < 1.29 is 4.79 Å². The van der Waals surface area contributed by atoms with Crippen LogP contribution in [0.4, 0.5) is 0 Å². The molecule has 33 heavy (non-hydrogen) atoms. The molecule has 1 aromatic heterocycles. The summed E-state index contributed by atoms with van der Waals surface area (Å²) in [6.45, 7) is 10.4. The number of likely N-dealkylation sites (N-methyl/N-ethyl adjacent to an activating group) is 1. The highest BCUT2D eigenvalue weighted by atomic mass is 32.1. The van der Waals surface area contributed by atoms with Gasteiger partial charge in [-0.25, -0.2) is 0 Å². The van der Waals surface area contributed by atoms with Crippen LogP contribution in [0.3, 0.4) is 0 Å². The lowest BCUT2D eigenvalue weighted by molar-refractivity contribution is -0.126. The molecule has 7 nitrogen and oxygen atoms in total. The molecular formula is C25H37N5O2S. The zero-order valence-corrected chi connectivity index (χ0v) is 20.5. The van der Waals surface area contributed by atoms with Crippen LogP contribution in [0.15, 0.2) is 29.1 Å². The van der Waals surface area contributed by atoms with Gasteiger partial charge in [0, 0.05) is 45.2 Å². The van der Waals surface area contributed by atoms with E-state index in [1.807, 2.05) is 24.3 Å². The van der Waals surface area contributed by atoms with E-state index in [1.54, 1.807) is 4.57 Å². The van der Waals surface area contributed by atoms with Crippen molar-refractivity contribution in [3.8, 4) is 0 Å². The summed E-state index contributed by atoms with van der Waals surface area (Å²) in [5.74, 6) is 0.673. The fraction of sp³-hybridized carbons (Fsp3) is 0.640. The van der Waals surface area contributed by atoms with Crippen molar-refractivity contribution in [2.24, 2.45) is 11.8 Å². The predicted molar refractivity (Wildman–Crippen MR) is 135 cm³/mol. The second kappa shape index (κ2) is 11.4. The van der Waals surface area contributed by atoms with Gasteiger partial charge in [-0.3, -0.25) is 14.2 Å². The van der Waals surface area contributed by atoms with E-state index in [4.69, 9.17) is 12.2 Å². The number of aromatic nitrogens is 2. The number of fused-ring (bicyclic) bond motifs is 1. The second-order valence-electron chi connectivity index (χ2n) is 9.53. The van der Waals surface area contributed by atoms with Gasteiger partial charge in [-0.05, 0) is 75.5 Å². The number of nitrogens with zero attached hydrogens (tertiary/aromatic N) is 3. The van der Waals surface area contributed by atoms with Crippen molar-refractivity contribution in [2.75, 3.05) is 45.8 Å². The monoisotopic (exact) mass is 471 g/mol. The highest BCUT2D eigenvalue weighted by Crippen LogP contribution is 2.30. The smallest absolute Gasteiger partial charge is 0.262 e. The normalized spacial score (nSPS) is 22.5. The van der Waals surface area contributed by atoms with Gasteiger partial charge in [0.25, 0.3) is 5.56 Å². The average molecular weight is 472 g/mol. The number of carbonyl (C=O) groups excluding carboxylic acids is 1. The number of aromatic amines is 1. The third-order valence-corrected chi connectivity index (χ3v) is 7.73. The molecule has 4 rings (SSSR count). The van der Waals surface area contributed by atoms with E-state index < -0.39 is 0 Å². The first-order chi connectivity index (χ1) is 16.0. The summed E-state index contributed by atoms with van der Waals surface area (Å²) in [6.07, 6.45) is 4.68. The number of hydrogen-bond acceptors (Lipinski definition) is 5. The zero-order chi connectivity index (χ0) is 23.2. The standard InChI is InChI=1S/C25H37N5O2S/c1-2-28-14-16-29(17-15-28)13-5-12-26-23(31)20-10-8-19(9-11-20)18-30-24(32)21-6-3-4-7-22(21)27-25(30)33/h3-4,6-7,19-20H,2,5,8-18H2,1H3,(H,26,31)(H,27,33). The fourth-order valence-electron chi connectivity index (χ4n) is 5.22. The molecule has 1 saturated heterocycles. The van der Waals surface area contributed by atoms with E-state index in [0.29, 0.717) is 22.6 Å². The second-order valence-corrected chi connectivity index (χ2v) is 9.92. The van der Waals surface area contributed by atoms with E-state index in [9.17, 15) is 9.59 Å². The summed E-state index contributed by atoms with van der Waals surface area (Å²) in [6, 6.07) is 7.50. The van der Waals surface area contributed by atoms with Gasteiger partial charge in [-0.15, -0.1) is 0 Å². The maximum atomic E-state index is 12.9. The van der Waals surface area contributed by atoms with E-state index in [1.165, 1.54) is 0 Å². The molecule has 1 aliphatic heterocycles. The zero-order valence-electron chi connectivity index (χ0n) is 19.7. The number of rotatable bonds is 8. The van der Waals surface area contributed by atoms with Gasteiger partial charge in [0.05, 0.1) is 10.9 Å². The molecule has 2 heterocycles. The molecule has 1 aliphatic carbocycles. The van der Waals surface area contributed by atoms with Crippen molar-refractivity contribution in [1.82, 2.24) is 24.7 Å². The first-order valence-electron chi connectivity index (χ1n) is 12.5. The van der Waals surface area contributed by atoms with Crippen LogP contribution in [0.25, 0.3) is 10.9 Å². The lowest BCUT2D eigenvalue weighted by Crippen LogP contribution is -2.46. The molecule has 180 valence electrons. The molecule has 8 heteroatoms. The number of para-hydroxylation sites is 1. The molecule has 0 atom stereocenters. The number of benzene rings is 1. The van der Waals surface area contributed by atoms with E-state index in [0.717, 1.165) is 83.4 Å². The molecule has 1 aromatic carbocycles. The van der Waals surface area contributed by atoms with Crippen LogP contribution < -0.4 is 10.9 Å². The Morgan fingerprint density at radius 1 is 1.09 bits per heavy atom. The number of nitrogens with one attached hydrogen (secondary N) is 2. The third kappa shape index (κ3) is 6.11. The summed E-state index contributed by atoms with van der Waals surface area (Å²) < 4.78 is 2.18. The van der Waals surface area contributed by atoms with E-state index in [2.05, 4.69) is 27.0 Å². The first kappa shape index (κ1) is 24.1. The van der Waals surface area contributed by atoms with Gasteiger partial charge < -0.3 is 20.1 Å². The highest BCUT2D eigenvalue weighted by Gasteiger charge is 2.27. The van der Waals surface area contributed by atoms with Gasteiger partial charge in [0.15, 0.2) is 4.77 Å². The molecule has 2 aliphatic rings. The largest absolute Gasteiger partial charge is 0.356 e. The molecule has 1 amide bonds. The summed E-state index contributed by atoms with van der Waals surface area (Å²) in [4.78, 5) is 33.7. The van der Waals surface area contributed by atoms with Crippen LogP contribution in [-0.4, -0.2) is 71.1 Å². The molecule has 0 spiro atoms. The Morgan fingerprint density at radius 3 is 2.52 bits per heavy atom. The first-order valence-corrected chi connectivity index (χ1v) is 12.9. The van der Waals surface area contributed by atoms with E-state index >= 15 is 0 Å². The predicted octanol–water partition coefficient (Wildman–Crippen LogP) is 3.01. The molecule has 2 fully saturated rings. The number of carbonyl (C=O) groups is 1. The number of H-pyrrole nitrogens is 1. The summed E-state index contributed by atoms with van der Waals surface area (Å²) in [5, 5.41) is 3.83. The van der Waals surface area contributed by atoms with Crippen LogP contribution in [0, 0.1) is 16.6 Å². The number of hydrogen-bond donors (Lipinski definition) is 2. The van der Waals surface area contributed by atoms with Crippen LogP contribution in [-0.2, 0) is 11.3 Å². The Bertz CT molecular complexity index is 1050. The molecule has 0 radical (unpaired) electrons. The molecule has 0 unspecified atom stereocenters. The third-order valence-electron chi connectivity index (χ3n) is 7.41. The van der Waals surface area contributed by atoms with Gasteiger partial charge in [0.2, 0.25) is 5.91 Å². The van der Waals surface area contributed by atoms with Gasteiger partial charge in [-0.1, -0.05) is 19.1 Å². The van der Waals surface area contributed by atoms with Crippen molar-refractivity contribution in [2.45, 2.75) is 45.6 Å². The topological polar surface area (TPSA) is 73.4 Å². The Labute approximate surface area is 201 Å². The summed E-state index contributed by atoms with van der Waals surface area (Å²) in [7, 11) is 0. The Hall–Kier alpha value is -2.03. The lowest BCUT2D eigenvalue weighted by Gasteiger charge is -2.34. The molecule has 1 saturated carbocycles. The van der Waals surface area contributed by atoms with E-state index in [-0.39, 0.29) is 17.4 Å². The summed E-state index contributed by atoms with van der Waals surface area (Å²) >= 11 is 5.46. The van der Waals surface area contributed by atoms with Crippen LogP contribution >= 0.6 is 12.2 Å². The maximum absolute atomic E-state index is 12.9. The SMILES string of the molecule is CCN1CCN(CCCNC(=O)C2CCC(Cn3c(=S)[nH]c4ccccc4c3=O)CC2)CC1. The highest BCUT2D eigenvalue weighted by molar-refractivity contribution is 7.71. The van der Waals surface area contributed by atoms with Crippen molar-refractivity contribution in [1.29, 1.82) is 0 Å². The van der Waals surface area contributed by atoms with Gasteiger partial charge >= 0.3 is 0 Å².